The van der Waals surface area contributed by atoms with E-state index in [4.69, 9.17) is 16.3 Å². The molecule has 0 aliphatic heterocycles. The summed E-state index contributed by atoms with van der Waals surface area (Å²) in [5.74, 6) is -4.46. The molecule has 0 atom stereocenters. The molecule has 2 rings (SSSR count). The van der Waals surface area contributed by atoms with E-state index >= 15 is 0 Å². The Kier molecular flexibility index (Phi) is 5.81. The summed E-state index contributed by atoms with van der Waals surface area (Å²) in [5, 5.41) is 2.30. The molecule has 0 spiro atoms. The lowest BCUT2D eigenvalue weighted by atomic mass is 10.1. The molecule has 2 aromatic rings. The second-order valence-corrected chi connectivity index (χ2v) is 5.12. The maximum Gasteiger partial charge on any atom is 0.310 e. The van der Waals surface area contributed by atoms with Gasteiger partial charge in [-0.15, -0.1) is 0 Å². The van der Waals surface area contributed by atoms with Crippen LogP contribution in [0.5, 0.6) is 0 Å². The Morgan fingerprint density at radius 1 is 1.04 bits per heavy atom. The molecule has 0 bridgehead atoms. The van der Waals surface area contributed by atoms with Gasteiger partial charge < -0.3 is 10.1 Å². The third-order valence-corrected chi connectivity index (χ3v) is 3.30. The number of anilines is 1. The Labute approximate surface area is 140 Å². The molecule has 24 heavy (non-hydrogen) atoms. The van der Waals surface area contributed by atoms with Crippen LogP contribution in [0.15, 0.2) is 36.4 Å². The van der Waals surface area contributed by atoms with Crippen molar-refractivity contribution >= 4 is 29.2 Å². The topological polar surface area (TPSA) is 55.4 Å². The predicted octanol–water partition coefficient (Wildman–Crippen LogP) is 3.48. The van der Waals surface area contributed by atoms with E-state index in [1.54, 1.807) is 0 Å². The normalized spacial score (nSPS) is 10.3. The molecule has 0 radical (unpaired) electrons. The fourth-order valence-electron chi connectivity index (χ4n) is 1.81. The van der Waals surface area contributed by atoms with Crippen LogP contribution in [0.3, 0.4) is 0 Å². The first-order chi connectivity index (χ1) is 11.4. The summed E-state index contributed by atoms with van der Waals surface area (Å²) in [5.41, 5.74) is -0.0303. The molecule has 2 aromatic carbocycles. The van der Waals surface area contributed by atoms with Crippen LogP contribution in [0.1, 0.15) is 5.56 Å². The summed E-state index contributed by atoms with van der Waals surface area (Å²) in [6.07, 6.45) is -0.441. The summed E-state index contributed by atoms with van der Waals surface area (Å²) in [4.78, 5) is 23.2. The Balaban J connectivity index is 1.87. The lowest BCUT2D eigenvalue weighted by Crippen LogP contribution is -2.22. The number of amides is 1. The van der Waals surface area contributed by atoms with Crippen LogP contribution in [0.25, 0.3) is 0 Å². The largest absolute Gasteiger partial charge is 0.455 e. The molecule has 0 aromatic heterocycles. The van der Waals surface area contributed by atoms with E-state index in [1.807, 2.05) is 0 Å². The highest BCUT2D eigenvalue weighted by molar-refractivity contribution is 6.31. The van der Waals surface area contributed by atoms with Crippen LogP contribution in [0.2, 0.25) is 5.02 Å². The van der Waals surface area contributed by atoms with Gasteiger partial charge in [-0.1, -0.05) is 17.7 Å². The maximum atomic E-state index is 13.5. The van der Waals surface area contributed by atoms with E-state index in [0.29, 0.717) is 0 Å². The standard InChI is InChI=1S/C16H11ClF3NO3/c17-11-2-1-3-12(18)10(11)7-16(23)24-8-15(22)21-9-4-5-13(19)14(20)6-9/h1-6H,7-8H2,(H,21,22). The number of esters is 1. The molecule has 0 unspecified atom stereocenters. The Hall–Kier alpha value is -2.54. The van der Waals surface area contributed by atoms with Crippen LogP contribution >= 0.6 is 11.6 Å². The van der Waals surface area contributed by atoms with Gasteiger partial charge in [0.2, 0.25) is 0 Å². The van der Waals surface area contributed by atoms with Gasteiger partial charge in [0.05, 0.1) is 6.42 Å². The first kappa shape index (κ1) is 17.8. The van der Waals surface area contributed by atoms with E-state index in [2.05, 4.69) is 5.32 Å². The van der Waals surface area contributed by atoms with Gasteiger partial charge >= 0.3 is 5.97 Å². The second-order valence-electron chi connectivity index (χ2n) is 4.71. The number of carbonyl (C=O) groups excluding carboxylic acids is 2. The molecule has 0 heterocycles. The molecule has 8 heteroatoms. The summed E-state index contributed by atoms with van der Waals surface area (Å²) in [6, 6.07) is 6.73. The first-order valence-electron chi connectivity index (χ1n) is 6.70. The number of nitrogens with one attached hydrogen (secondary N) is 1. The van der Waals surface area contributed by atoms with Crippen molar-refractivity contribution in [3.63, 3.8) is 0 Å². The number of halogens is 4. The average molecular weight is 358 g/mol. The van der Waals surface area contributed by atoms with Crippen LogP contribution in [0.4, 0.5) is 18.9 Å². The number of benzene rings is 2. The monoisotopic (exact) mass is 357 g/mol. The van der Waals surface area contributed by atoms with E-state index < -0.39 is 42.4 Å². The van der Waals surface area contributed by atoms with Crippen molar-refractivity contribution in [2.45, 2.75) is 6.42 Å². The van der Waals surface area contributed by atoms with Crippen molar-refractivity contribution in [2.24, 2.45) is 0 Å². The minimum atomic E-state index is -1.13. The third-order valence-electron chi connectivity index (χ3n) is 2.95. The number of carbonyl (C=O) groups is 2. The highest BCUT2D eigenvalue weighted by atomic mass is 35.5. The van der Waals surface area contributed by atoms with Crippen molar-refractivity contribution in [2.75, 3.05) is 11.9 Å². The van der Waals surface area contributed by atoms with Gasteiger partial charge in [-0.2, -0.15) is 0 Å². The van der Waals surface area contributed by atoms with Crippen LogP contribution in [-0.2, 0) is 20.7 Å². The summed E-state index contributed by atoms with van der Waals surface area (Å²) in [7, 11) is 0. The van der Waals surface area contributed by atoms with E-state index in [-0.39, 0.29) is 16.3 Å². The fourth-order valence-corrected chi connectivity index (χ4v) is 2.04. The van der Waals surface area contributed by atoms with Crippen molar-refractivity contribution in [1.29, 1.82) is 0 Å². The highest BCUT2D eigenvalue weighted by Gasteiger charge is 2.14. The highest BCUT2D eigenvalue weighted by Crippen LogP contribution is 2.19. The second kappa shape index (κ2) is 7.83. The van der Waals surface area contributed by atoms with Crippen molar-refractivity contribution in [1.82, 2.24) is 0 Å². The van der Waals surface area contributed by atoms with Gasteiger partial charge in [0.15, 0.2) is 18.2 Å². The number of hydrogen-bond donors (Lipinski definition) is 1. The average Bonchev–Trinajstić information content (AvgIpc) is 2.53. The maximum absolute atomic E-state index is 13.5. The molecule has 0 aliphatic rings. The van der Waals surface area contributed by atoms with Gasteiger partial charge in [-0.25, -0.2) is 13.2 Å². The summed E-state index contributed by atoms with van der Waals surface area (Å²) in [6.45, 7) is -0.663. The molecule has 4 nitrogen and oxygen atoms in total. The number of hydrogen-bond acceptors (Lipinski definition) is 3. The zero-order valence-electron chi connectivity index (χ0n) is 12.1. The lowest BCUT2D eigenvalue weighted by Gasteiger charge is -2.08. The Bertz CT molecular complexity index is 763. The van der Waals surface area contributed by atoms with Crippen molar-refractivity contribution < 1.29 is 27.5 Å². The lowest BCUT2D eigenvalue weighted by molar-refractivity contribution is -0.146. The van der Waals surface area contributed by atoms with Gasteiger partial charge in [-0.05, 0) is 24.3 Å². The summed E-state index contributed by atoms with van der Waals surface area (Å²) >= 11 is 5.78. The van der Waals surface area contributed by atoms with Gasteiger partial charge in [-0.3, -0.25) is 9.59 Å². The minimum absolute atomic E-state index is 0.00657. The molecule has 0 saturated heterocycles. The van der Waals surface area contributed by atoms with Gasteiger partial charge in [0.25, 0.3) is 5.91 Å². The van der Waals surface area contributed by atoms with Crippen LogP contribution < -0.4 is 5.32 Å². The fraction of sp³-hybridized carbons (Fsp3) is 0.125. The molecule has 1 amide bonds. The van der Waals surface area contributed by atoms with E-state index in [1.165, 1.54) is 12.1 Å². The SMILES string of the molecule is O=C(COC(=O)Cc1c(F)cccc1Cl)Nc1ccc(F)c(F)c1. The molecule has 0 aliphatic carbocycles. The first-order valence-corrected chi connectivity index (χ1v) is 7.08. The number of ether oxygens (including phenoxy) is 1. The Morgan fingerprint density at radius 2 is 1.79 bits per heavy atom. The van der Waals surface area contributed by atoms with Crippen LogP contribution in [0, 0.1) is 17.5 Å². The van der Waals surface area contributed by atoms with Gasteiger partial charge in [0, 0.05) is 22.3 Å². The summed E-state index contributed by atoms with van der Waals surface area (Å²) < 4.78 is 44.0. The van der Waals surface area contributed by atoms with Crippen molar-refractivity contribution in [3.05, 3.63) is 64.4 Å². The smallest absolute Gasteiger partial charge is 0.310 e. The third kappa shape index (κ3) is 4.73. The quantitative estimate of drug-likeness (QED) is 0.833. The van der Waals surface area contributed by atoms with Crippen LogP contribution in [-0.4, -0.2) is 18.5 Å². The molecular weight excluding hydrogens is 347 g/mol. The zero-order chi connectivity index (χ0) is 17.7. The predicted molar refractivity (Wildman–Crippen MR) is 81.1 cm³/mol. The van der Waals surface area contributed by atoms with E-state index in [0.717, 1.165) is 24.3 Å². The number of rotatable bonds is 5. The molecule has 0 fully saturated rings. The van der Waals surface area contributed by atoms with Gasteiger partial charge in [0.1, 0.15) is 5.82 Å². The molecular formula is C16H11ClF3NO3. The van der Waals surface area contributed by atoms with E-state index in [9.17, 15) is 22.8 Å². The van der Waals surface area contributed by atoms with Crippen molar-refractivity contribution in [3.8, 4) is 0 Å². The molecule has 126 valence electrons. The Morgan fingerprint density at radius 3 is 2.46 bits per heavy atom. The molecule has 0 saturated carbocycles. The minimum Gasteiger partial charge on any atom is -0.455 e. The zero-order valence-corrected chi connectivity index (χ0v) is 12.9. The molecule has 1 N–H and O–H groups in total.